The number of rotatable bonds is 9. The molecular weight excluding hydrogens is 327 g/mol. The molecule has 0 aromatic rings. The molecule has 1 aliphatic rings. The summed E-state index contributed by atoms with van der Waals surface area (Å²) in [6.45, 7) is 5.40. The van der Waals surface area contributed by atoms with Gasteiger partial charge in [0.2, 0.25) is 0 Å². The van der Waals surface area contributed by atoms with Crippen molar-refractivity contribution in [2.45, 2.75) is 20.3 Å². The van der Waals surface area contributed by atoms with Crippen molar-refractivity contribution in [3.63, 3.8) is 0 Å². The molecular formula is C13H27N2O5PS. The zero-order valence-electron chi connectivity index (χ0n) is 13.8. The molecule has 7 nitrogen and oxygen atoms in total. The highest BCUT2D eigenvalue weighted by Gasteiger charge is 2.31. The van der Waals surface area contributed by atoms with Gasteiger partial charge >= 0.3 is 12.8 Å². The summed E-state index contributed by atoms with van der Waals surface area (Å²) < 4.78 is 26.6. The standard InChI is InChI=1S/C13H27N2O5PS/c1-13(2,5-8-15-9-6-14-7-10-15)12(16)20-11-22-21(17,18-3)19-4/h14H,5-11H2,1-4H3. The van der Waals surface area contributed by atoms with Crippen LogP contribution in [0, 0.1) is 5.41 Å². The van der Waals surface area contributed by atoms with Crippen LogP contribution in [0.3, 0.4) is 0 Å². The first kappa shape index (κ1) is 19.9. The Labute approximate surface area is 136 Å². The van der Waals surface area contributed by atoms with Gasteiger partial charge in [0.25, 0.3) is 0 Å². The quantitative estimate of drug-likeness (QED) is 0.382. The minimum absolute atomic E-state index is 0.0468. The predicted octanol–water partition coefficient (Wildman–Crippen LogP) is 1.94. The topological polar surface area (TPSA) is 77.1 Å². The Morgan fingerprint density at radius 1 is 1.27 bits per heavy atom. The zero-order chi connectivity index (χ0) is 16.6. The lowest BCUT2D eigenvalue weighted by atomic mass is 9.89. The average Bonchev–Trinajstić information content (AvgIpc) is 2.53. The number of ether oxygens (including phenoxy) is 1. The number of hydrogen-bond donors (Lipinski definition) is 1. The molecule has 1 saturated heterocycles. The van der Waals surface area contributed by atoms with Gasteiger partial charge in [-0.05, 0) is 26.8 Å². The van der Waals surface area contributed by atoms with Crippen LogP contribution in [-0.2, 0) is 23.1 Å². The molecule has 1 fully saturated rings. The third-order valence-corrected chi connectivity index (χ3v) is 7.26. The number of piperazine rings is 1. The van der Waals surface area contributed by atoms with E-state index in [1.165, 1.54) is 14.2 Å². The molecule has 1 rings (SSSR count). The van der Waals surface area contributed by atoms with Gasteiger partial charge in [-0.2, -0.15) is 0 Å². The van der Waals surface area contributed by atoms with Crippen LogP contribution in [-0.4, -0.2) is 63.8 Å². The first-order valence-electron chi connectivity index (χ1n) is 7.29. The van der Waals surface area contributed by atoms with E-state index in [9.17, 15) is 9.36 Å². The summed E-state index contributed by atoms with van der Waals surface area (Å²) in [5.41, 5.74) is -0.574. The Bertz CT molecular complexity index is 394. The number of carbonyl (C=O) groups is 1. The van der Waals surface area contributed by atoms with Crippen molar-refractivity contribution in [2.24, 2.45) is 5.41 Å². The van der Waals surface area contributed by atoms with Gasteiger partial charge in [0.05, 0.1) is 5.41 Å². The van der Waals surface area contributed by atoms with Gasteiger partial charge in [0, 0.05) is 51.8 Å². The molecule has 1 N–H and O–H groups in total. The third-order valence-electron chi connectivity index (χ3n) is 3.66. The number of nitrogens with one attached hydrogen (secondary N) is 1. The van der Waals surface area contributed by atoms with Crippen LogP contribution in [0.25, 0.3) is 0 Å². The lowest BCUT2D eigenvalue weighted by molar-refractivity contribution is -0.152. The Hall–Kier alpha value is -0.110. The highest BCUT2D eigenvalue weighted by atomic mass is 32.7. The molecule has 1 heterocycles. The maximum Gasteiger partial charge on any atom is 0.391 e. The number of esters is 1. The van der Waals surface area contributed by atoms with E-state index in [1.807, 2.05) is 13.8 Å². The smallest absolute Gasteiger partial charge is 0.391 e. The second-order valence-electron chi connectivity index (χ2n) is 5.72. The van der Waals surface area contributed by atoms with Gasteiger partial charge in [0.15, 0.2) is 0 Å². The van der Waals surface area contributed by atoms with Crippen molar-refractivity contribution in [3.05, 3.63) is 0 Å². The van der Waals surface area contributed by atoms with E-state index < -0.39 is 12.2 Å². The molecule has 0 spiro atoms. The maximum absolute atomic E-state index is 12.2. The molecule has 9 heteroatoms. The van der Waals surface area contributed by atoms with E-state index >= 15 is 0 Å². The van der Waals surface area contributed by atoms with Gasteiger partial charge in [-0.25, -0.2) is 4.57 Å². The molecule has 0 saturated carbocycles. The van der Waals surface area contributed by atoms with E-state index in [4.69, 9.17) is 13.8 Å². The van der Waals surface area contributed by atoms with Crippen molar-refractivity contribution in [1.29, 1.82) is 0 Å². The summed E-state index contributed by atoms with van der Waals surface area (Å²) in [5.74, 6) is -0.344. The Morgan fingerprint density at radius 2 is 1.86 bits per heavy atom. The summed E-state index contributed by atoms with van der Waals surface area (Å²) in [7, 11) is 2.60. The molecule has 0 amide bonds. The van der Waals surface area contributed by atoms with Crippen molar-refractivity contribution < 1.29 is 23.1 Å². The Kier molecular flexibility index (Phi) is 8.38. The Balaban J connectivity index is 2.33. The fraction of sp³-hybridized carbons (Fsp3) is 0.923. The summed E-state index contributed by atoms with van der Waals surface area (Å²) in [5, 5.41) is 3.30. The molecule has 0 aromatic carbocycles. The van der Waals surface area contributed by atoms with E-state index in [1.54, 1.807) is 0 Å². The van der Waals surface area contributed by atoms with Crippen LogP contribution in [0.1, 0.15) is 20.3 Å². The minimum atomic E-state index is -3.20. The predicted molar refractivity (Wildman–Crippen MR) is 87.9 cm³/mol. The van der Waals surface area contributed by atoms with E-state index in [0.29, 0.717) is 0 Å². The first-order chi connectivity index (χ1) is 10.3. The molecule has 1 aliphatic heterocycles. The van der Waals surface area contributed by atoms with Crippen LogP contribution in [0.5, 0.6) is 0 Å². The molecule has 0 unspecified atom stereocenters. The third kappa shape index (κ3) is 6.56. The minimum Gasteiger partial charge on any atom is -0.454 e. The SMILES string of the molecule is COP(=O)(OC)SCOC(=O)C(C)(C)CCN1CCNCC1. The second-order valence-corrected chi connectivity index (χ2v) is 9.95. The van der Waals surface area contributed by atoms with Gasteiger partial charge in [-0.3, -0.25) is 4.79 Å². The van der Waals surface area contributed by atoms with Gasteiger partial charge < -0.3 is 24.0 Å². The second kappa shape index (κ2) is 9.25. The highest BCUT2D eigenvalue weighted by molar-refractivity contribution is 8.55. The summed E-state index contributed by atoms with van der Waals surface area (Å²) in [6.07, 6.45) is 0.725. The van der Waals surface area contributed by atoms with E-state index in [2.05, 4.69) is 10.2 Å². The summed E-state index contributed by atoms with van der Waals surface area (Å²) in [6, 6.07) is 0. The van der Waals surface area contributed by atoms with Gasteiger partial charge in [-0.1, -0.05) is 0 Å². The zero-order valence-corrected chi connectivity index (χ0v) is 15.5. The van der Waals surface area contributed by atoms with Gasteiger partial charge in [0.1, 0.15) is 5.94 Å². The monoisotopic (exact) mass is 354 g/mol. The van der Waals surface area contributed by atoms with Crippen LogP contribution >= 0.6 is 18.2 Å². The lowest BCUT2D eigenvalue weighted by Crippen LogP contribution is -2.45. The lowest BCUT2D eigenvalue weighted by Gasteiger charge is -2.30. The van der Waals surface area contributed by atoms with Crippen LogP contribution in [0.4, 0.5) is 0 Å². The van der Waals surface area contributed by atoms with Crippen molar-refractivity contribution in [3.8, 4) is 0 Å². The first-order valence-corrected chi connectivity index (χ1v) is 10.4. The van der Waals surface area contributed by atoms with Crippen LogP contribution < -0.4 is 5.32 Å². The number of carbonyl (C=O) groups excluding carboxylic acids is 1. The van der Waals surface area contributed by atoms with E-state index in [0.717, 1.165) is 50.5 Å². The molecule has 0 radical (unpaired) electrons. The van der Waals surface area contributed by atoms with Crippen molar-refractivity contribution in [2.75, 3.05) is 52.9 Å². The molecule has 0 aliphatic carbocycles. The van der Waals surface area contributed by atoms with E-state index in [-0.39, 0.29) is 11.9 Å². The number of nitrogens with zero attached hydrogens (tertiary/aromatic N) is 1. The molecule has 0 aromatic heterocycles. The molecule has 22 heavy (non-hydrogen) atoms. The fourth-order valence-electron chi connectivity index (χ4n) is 1.99. The summed E-state index contributed by atoms with van der Waals surface area (Å²) >= 11 is 0.864. The van der Waals surface area contributed by atoms with Crippen LogP contribution in [0.2, 0.25) is 0 Å². The average molecular weight is 354 g/mol. The van der Waals surface area contributed by atoms with Gasteiger partial charge in [-0.15, -0.1) is 0 Å². The molecule has 0 bridgehead atoms. The molecule has 0 atom stereocenters. The normalized spacial score (nSPS) is 17.5. The maximum atomic E-state index is 12.2. The van der Waals surface area contributed by atoms with Crippen molar-refractivity contribution in [1.82, 2.24) is 10.2 Å². The van der Waals surface area contributed by atoms with Crippen LogP contribution in [0.15, 0.2) is 0 Å². The largest absolute Gasteiger partial charge is 0.454 e. The number of hydrogen-bond acceptors (Lipinski definition) is 8. The highest BCUT2D eigenvalue weighted by Crippen LogP contribution is 2.59. The fourth-order valence-corrected chi connectivity index (χ4v) is 3.82. The summed E-state index contributed by atoms with van der Waals surface area (Å²) in [4.78, 5) is 14.5. The Morgan fingerprint density at radius 3 is 2.41 bits per heavy atom. The molecule has 130 valence electrons. The van der Waals surface area contributed by atoms with Crippen molar-refractivity contribution >= 4 is 24.1 Å².